The molecule has 2 rings (SSSR count). The van der Waals surface area contributed by atoms with E-state index in [0.717, 1.165) is 11.1 Å². The molecule has 0 unspecified atom stereocenters. The molecule has 2 N–H and O–H groups in total. The Hall–Kier alpha value is -3.15. The van der Waals surface area contributed by atoms with Crippen molar-refractivity contribution in [3.8, 4) is 0 Å². The Bertz CT molecular complexity index is 769. The summed E-state index contributed by atoms with van der Waals surface area (Å²) >= 11 is 0. The second-order valence-electron chi connectivity index (χ2n) is 5.56. The van der Waals surface area contributed by atoms with E-state index in [9.17, 15) is 14.4 Å². The summed E-state index contributed by atoms with van der Waals surface area (Å²) < 4.78 is 4.63. The third kappa shape index (κ3) is 5.76. The van der Waals surface area contributed by atoms with Crippen LogP contribution in [0.1, 0.15) is 21.5 Å². The number of rotatable bonds is 6. The zero-order chi connectivity index (χ0) is 18.2. The van der Waals surface area contributed by atoms with Gasteiger partial charge in [0, 0.05) is 5.69 Å². The molecule has 0 saturated heterocycles. The average molecular weight is 340 g/mol. The highest BCUT2D eigenvalue weighted by Crippen LogP contribution is 2.11. The lowest BCUT2D eigenvalue weighted by molar-refractivity contribution is -0.123. The Morgan fingerprint density at radius 2 is 1.72 bits per heavy atom. The number of hydrogen-bond acceptors (Lipinski definition) is 4. The number of methoxy groups -OCH3 is 1. The molecule has 0 heterocycles. The highest BCUT2D eigenvalue weighted by molar-refractivity contribution is 5.96. The molecule has 0 bridgehead atoms. The van der Waals surface area contributed by atoms with Crippen molar-refractivity contribution < 1.29 is 19.1 Å². The van der Waals surface area contributed by atoms with E-state index in [1.54, 1.807) is 18.2 Å². The smallest absolute Gasteiger partial charge is 0.337 e. The number of nitrogens with one attached hydrogen (secondary N) is 2. The zero-order valence-electron chi connectivity index (χ0n) is 14.2. The fourth-order valence-electron chi connectivity index (χ4n) is 2.18. The first-order valence-corrected chi connectivity index (χ1v) is 7.78. The molecule has 0 spiro atoms. The predicted octanol–water partition coefficient (Wildman–Crippen LogP) is 2.08. The second-order valence-corrected chi connectivity index (χ2v) is 5.56. The van der Waals surface area contributed by atoms with E-state index in [-0.39, 0.29) is 24.8 Å². The molecule has 0 saturated carbocycles. The molecule has 0 aliphatic rings. The summed E-state index contributed by atoms with van der Waals surface area (Å²) in [4.78, 5) is 35.3. The Labute approximate surface area is 146 Å². The van der Waals surface area contributed by atoms with Crippen molar-refractivity contribution in [2.75, 3.05) is 19.0 Å². The van der Waals surface area contributed by atoms with Crippen LogP contribution in [0.15, 0.2) is 48.5 Å². The molecule has 6 heteroatoms. The molecule has 2 aromatic carbocycles. The number of anilines is 1. The number of carbonyl (C=O) groups is 3. The first-order chi connectivity index (χ1) is 12.0. The molecular formula is C19H20N2O4. The first kappa shape index (κ1) is 18.2. The summed E-state index contributed by atoms with van der Waals surface area (Å²) in [6, 6.07) is 14.0. The largest absolute Gasteiger partial charge is 0.465 e. The number of aryl methyl sites for hydroxylation is 1. The molecule has 2 aromatic rings. The van der Waals surface area contributed by atoms with E-state index in [0.29, 0.717) is 11.3 Å². The van der Waals surface area contributed by atoms with E-state index in [2.05, 4.69) is 15.4 Å². The highest BCUT2D eigenvalue weighted by atomic mass is 16.5. The molecule has 0 aliphatic carbocycles. The minimum atomic E-state index is -0.484. The lowest BCUT2D eigenvalue weighted by atomic mass is 10.1. The van der Waals surface area contributed by atoms with Gasteiger partial charge in [-0.05, 0) is 30.7 Å². The number of ether oxygens (including phenoxy) is 1. The number of benzene rings is 2. The Kier molecular flexibility index (Phi) is 6.28. The van der Waals surface area contributed by atoms with Gasteiger partial charge in [0.05, 0.1) is 25.6 Å². The van der Waals surface area contributed by atoms with Crippen LogP contribution in [0, 0.1) is 6.92 Å². The van der Waals surface area contributed by atoms with Crippen LogP contribution in [0.4, 0.5) is 5.69 Å². The monoisotopic (exact) mass is 340 g/mol. The standard InChI is InChI=1S/C19H20N2O4/c1-13-6-8-14(9-7-13)10-17(22)20-12-18(23)21-16-5-3-4-15(11-16)19(24)25-2/h3-9,11H,10,12H2,1-2H3,(H,20,22)(H,21,23). The number of hydrogen-bond donors (Lipinski definition) is 2. The summed E-state index contributed by atoms with van der Waals surface area (Å²) in [6.07, 6.45) is 0.214. The van der Waals surface area contributed by atoms with Gasteiger partial charge in [0.15, 0.2) is 0 Å². The van der Waals surface area contributed by atoms with Gasteiger partial charge in [-0.1, -0.05) is 35.9 Å². The zero-order valence-corrected chi connectivity index (χ0v) is 14.2. The topological polar surface area (TPSA) is 84.5 Å². The summed E-state index contributed by atoms with van der Waals surface area (Å²) in [5.74, 6) is -1.09. The van der Waals surface area contributed by atoms with E-state index in [4.69, 9.17) is 0 Å². The molecule has 130 valence electrons. The van der Waals surface area contributed by atoms with Crippen LogP contribution in [-0.4, -0.2) is 31.4 Å². The molecule has 0 atom stereocenters. The van der Waals surface area contributed by atoms with Crippen LogP contribution in [0.2, 0.25) is 0 Å². The molecular weight excluding hydrogens is 320 g/mol. The number of esters is 1. The van der Waals surface area contributed by atoms with Crippen LogP contribution in [0.5, 0.6) is 0 Å². The maximum Gasteiger partial charge on any atom is 0.337 e. The van der Waals surface area contributed by atoms with E-state index < -0.39 is 5.97 Å². The van der Waals surface area contributed by atoms with Crippen molar-refractivity contribution in [3.05, 3.63) is 65.2 Å². The summed E-state index contributed by atoms with van der Waals surface area (Å²) in [5.41, 5.74) is 2.80. The lowest BCUT2D eigenvalue weighted by Gasteiger charge is -2.08. The number of amides is 2. The lowest BCUT2D eigenvalue weighted by Crippen LogP contribution is -2.33. The second kappa shape index (κ2) is 8.63. The van der Waals surface area contributed by atoms with Gasteiger partial charge in [0.2, 0.25) is 11.8 Å². The van der Waals surface area contributed by atoms with Gasteiger partial charge in [-0.15, -0.1) is 0 Å². The first-order valence-electron chi connectivity index (χ1n) is 7.78. The summed E-state index contributed by atoms with van der Waals surface area (Å²) in [7, 11) is 1.29. The molecule has 6 nitrogen and oxygen atoms in total. The van der Waals surface area contributed by atoms with Crippen molar-refractivity contribution in [2.45, 2.75) is 13.3 Å². The maximum atomic E-state index is 11.9. The van der Waals surface area contributed by atoms with Gasteiger partial charge in [-0.25, -0.2) is 4.79 Å². The minimum absolute atomic E-state index is 0.146. The Morgan fingerprint density at radius 1 is 1.00 bits per heavy atom. The SMILES string of the molecule is COC(=O)c1cccc(NC(=O)CNC(=O)Cc2ccc(C)cc2)c1. The molecule has 0 fully saturated rings. The average Bonchev–Trinajstić information content (AvgIpc) is 2.61. The van der Waals surface area contributed by atoms with Crippen LogP contribution < -0.4 is 10.6 Å². The van der Waals surface area contributed by atoms with Crippen molar-refractivity contribution in [2.24, 2.45) is 0 Å². The fraction of sp³-hybridized carbons (Fsp3) is 0.211. The molecule has 0 radical (unpaired) electrons. The van der Waals surface area contributed by atoms with Crippen molar-refractivity contribution in [1.29, 1.82) is 0 Å². The summed E-state index contributed by atoms with van der Waals surface area (Å²) in [5, 5.41) is 5.20. The molecule has 0 aromatic heterocycles. The van der Waals surface area contributed by atoms with Crippen molar-refractivity contribution in [1.82, 2.24) is 5.32 Å². The van der Waals surface area contributed by atoms with Crippen LogP contribution in [-0.2, 0) is 20.7 Å². The van der Waals surface area contributed by atoms with Crippen LogP contribution in [0.25, 0.3) is 0 Å². The van der Waals surface area contributed by atoms with Gasteiger partial charge < -0.3 is 15.4 Å². The number of carbonyl (C=O) groups excluding carboxylic acids is 3. The third-order valence-corrected chi connectivity index (χ3v) is 3.50. The van der Waals surface area contributed by atoms with E-state index in [1.807, 2.05) is 31.2 Å². The van der Waals surface area contributed by atoms with Crippen LogP contribution in [0.3, 0.4) is 0 Å². The van der Waals surface area contributed by atoms with E-state index in [1.165, 1.54) is 13.2 Å². The van der Waals surface area contributed by atoms with Gasteiger partial charge in [0.1, 0.15) is 0 Å². The fourth-order valence-corrected chi connectivity index (χ4v) is 2.18. The normalized spacial score (nSPS) is 10.0. The highest BCUT2D eigenvalue weighted by Gasteiger charge is 2.09. The Morgan fingerprint density at radius 3 is 2.40 bits per heavy atom. The van der Waals surface area contributed by atoms with Gasteiger partial charge in [0.25, 0.3) is 0 Å². The minimum Gasteiger partial charge on any atom is -0.465 e. The van der Waals surface area contributed by atoms with Gasteiger partial charge >= 0.3 is 5.97 Å². The van der Waals surface area contributed by atoms with Crippen molar-refractivity contribution in [3.63, 3.8) is 0 Å². The van der Waals surface area contributed by atoms with Gasteiger partial charge in [-0.2, -0.15) is 0 Å². The summed E-state index contributed by atoms with van der Waals surface area (Å²) in [6.45, 7) is 1.83. The molecule has 0 aliphatic heterocycles. The van der Waals surface area contributed by atoms with Crippen molar-refractivity contribution >= 4 is 23.5 Å². The predicted molar refractivity (Wildman–Crippen MR) is 94.3 cm³/mol. The third-order valence-electron chi connectivity index (χ3n) is 3.50. The molecule has 2 amide bonds. The molecule has 25 heavy (non-hydrogen) atoms. The maximum absolute atomic E-state index is 11.9. The quantitative estimate of drug-likeness (QED) is 0.789. The van der Waals surface area contributed by atoms with Crippen LogP contribution >= 0.6 is 0 Å². The van der Waals surface area contributed by atoms with E-state index >= 15 is 0 Å². The Balaban J connectivity index is 1.83. The van der Waals surface area contributed by atoms with Gasteiger partial charge in [-0.3, -0.25) is 9.59 Å².